The lowest BCUT2D eigenvalue weighted by Crippen LogP contribution is -2.10. The van der Waals surface area contributed by atoms with Crippen molar-refractivity contribution in [3.63, 3.8) is 0 Å². The van der Waals surface area contributed by atoms with Gasteiger partial charge in [-0.1, -0.05) is 18.2 Å². The Kier molecular flexibility index (Phi) is 2.73. The first-order chi connectivity index (χ1) is 8.25. The summed E-state index contributed by atoms with van der Waals surface area (Å²) in [6, 6.07) is 6.20. The van der Waals surface area contributed by atoms with E-state index in [2.05, 4.69) is 40.4 Å². The lowest BCUT2D eigenvalue weighted by Gasteiger charge is -2.12. The lowest BCUT2D eigenvalue weighted by atomic mass is 9.99. The van der Waals surface area contributed by atoms with Crippen LogP contribution >= 0.6 is 11.6 Å². The fourth-order valence-electron chi connectivity index (χ4n) is 2.49. The zero-order valence-electron chi connectivity index (χ0n) is 9.70. The summed E-state index contributed by atoms with van der Waals surface area (Å²) in [7, 11) is 0. The molecule has 88 valence electrons. The maximum atomic E-state index is 6.03. The molecule has 3 nitrogen and oxygen atoms in total. The summed E-state index contributed by atoms with van der Waals surface area (Å²) < 4.78 is 0. The van der Waals surface area contributed by atoms with Gasteiger partial charge in [-0.25, -0.2) is 9.97 Å². The fourth-order valence-corrected chi connectivity index (χ4v) is 2.67. The molecule has 4 heteroatoms. The molecule has 0 spiro atoms. The van der Waals surface area contributed by atoms with Crippen LogP contribution in [0.2, 0.25) is 5.28 Å². The Morgan fingerprint density at radius 3 is 3.00 bits per heavy atom. The van der Waals surface area contributed by atoms with Gasteiger partial charge in [-0.15, -0.1) is 0 Å². The predicted octanol–water partition coefficient (Wildman–Crippen LogP) is 2.67. The van der Waals surface area contributed by atoms with Crippen molar-refractivity contribution in [1.82, 2.24) is 15.3 Å². The highest BCUT2D eigenvalue weighted by atomic mass is 35.5. The lowest BCUT2D eigenvalue weighted by molar-refractivity contribution is 0.740. The molecule has 2 heterocycles. The van der Waals surface area contributed by atoms with Crippen LogP contribution in [0, 0.1) is 6.92 Å². The molecular formula is C13H14ClN3. The number of rotatable bonds is 1. The van der Waals surface area contributed by atoms with E-state index in [1.54, 1.807) is 0 Å². The minimum atomic E-state index is 0.355. The standard InChI is InChI=1S/C13H14ClN3/c1-8-3-2-4-10-11(8)16-13(14)17-12(10)9-5-6-15-7-9/h2-4,9,15H,5-7H2,1H3. The number of halogens is 1. The van der Waals surface area contributed by atoms with Gasteiger partial charge in [0.05, 0.1) is 11.2 Å². The van der Waals surface area contributed by atoms with Crippen molar-refractivity contribution < 1.29 is 0 Å². The van der Waals surface area contributed by atoms with Gasteiger partial charge in [-0.2, -0.15) is 0 Å². The van der Waals surface area contributed by atoms with E-state index >= 15 is 0 Å². The van der Waals surface area contributed by atoms with Gasteiger partial charge in [0.25, 0.3) is 0 Å². The number of aryl methyl sites for hydroxylation is 1. The zero-order chi connectivity index (χ0) is 11.8. The van der Waals surface area contributed by atoms with Crippen molar-refractivity contribution in [2.75, 3.05) is 13.1 Å². The number of para-hydroxylation sites is 1. The summed E-state index contributed by atoms with van der Waals surface area (Å²) in [6.45, 7) is 4.10. The largest absolute Gasteiger partial charge is 0.316 e. The van der Waals surface area contributed by atoms with Crippen molar-refractivity contribution in [3.8, 4) is 0 Å². The minimum Gasteiger partial charge on any atom is -0.316 e. The molecule has 17 heavy (non-hydrogen) atoms. The molecule has 0 amide bonds. The number of hydrogen-bond acceptors (Lipinski definition) is 3. The Hall–Kier alpha value is -1.19. The molecule has 1 aromatic carbocycles. The average molecular weight is 248 g/mol. The van der Waals surface area contributed by atoms with Crippen molar-refractivity contribution >= 4 is 22.5 Å². The SMILES string of the molecule is Cc1cccc2c(C3CCNC3)nc(Cl)nc12. The van der Waals surface area contributed by atoms with Crippen molar-refractivity contribution in [2.24, 2.45) is 0 Å². The molecule has 1 N–H and O–H groups in total. The summed E-state index contributed by atoms with van der Waals surface area (Å²) in [4.78, 5) is 8.78. The van der Waals surface area contributed by atoms with Crippen LogP contribution in [0.25, 0.3) is 10.9 Å². The van der Waals surface area contributed by atoms with Gasteiger partial charge in [0.15, 0.2) is 0 Å². The second-order valence-corrected chi connectivity index (χ2v) is 4.88. The van der Waals surface area contributed by atoms with Gasteiger partial charge in [0.1, 0.15) is 0 Å². The third-order valence-electron chi connectivity index (χ3n) is 3.38. The van der Waals surface area contributed by atoms with Crippen molar-refractivity contribution in [2.45, 2.75) is 19.3 Å². The van der Waals surface area contributed by atoms with E-state index in [-0.39, 0.29) is 0 Å². The molecular weight excluding hydrogens is 234 g/mol. The average Bonchev–Trinajstić information content (AvgIpc) is 2.83. The molecule has 0 bridgehead atoms. The number of fused-ring (bicyclic) bond motifs is 1. The second-order valence-electron chi connectivity index (χ2n) is 4.54. The van der Waals surface area contributed by atoms with Crippen LogP contribution in [-0.2, 0) is 0 Å². The zero-order valence-corrected chi connectivity index (χ0v) is 10.5. The Morgan fingerprint density at radius 1 is 1.35 bits per heavy atom. The van der Waals surface area contributed by atoms with E-state index in [9.17, 15) is 0 Å². The summed E-state index contributed by atoms with van der Waals surface area (Å²) >= 11 is 6.03. The van der Waals surface area contributed by atoms with Crippen molar-refractivity contribution in [3.05, 3.63) is 34.7 Å². The van der Waals surface area contributed by atoms with E-state index in [4.69, 9.17) is 11.6 Å². The van der Waals surface area contributed by atoms with E-state index in [1.165, 1.54) is 0 Å². The number of nitrogens with one attached hydrogen (secondary N) is 1. The first kappa shape index (κ1) is 10.9. The monoisotopic (exact) mass is 247 g/mol. The Morgan fingerprint density at radius 2 is 2.24 bits per heavy atom. The summed E-state index contributed by atoms with van der Waals surface area (Å²) in [5, 5.41) is 4.86. The molecule has 1 atom stereocenters. The molecule has 1 fully saturated rings. The van der Waals surface area contributed by atoms with Gasteiger partial charge in [0.2, 0.25) is 5.28 Å². The predicted molar refractivity (Wildman–Crippen MR) is 69.5 cm³/mol. The second kappa shape index (κ2) is 4.24. The fraction of sp³-hybridized carbons (Fsp3) is 0.385. The maximum Gasteiger partial charge on any atom is 0.223 e. The Bertz CT molecular complexity index is 562. The summed E-state index contributed by atoms with van der Waals surface area (Å²) in [5.74, 6) is 0.458. The third-order valence-corrected chi connectivity index (χ3v) is 3.55. The van der Waals surface area contributed by atoms with Crippen LogP contribution in [0.1, 0.15) is 23.6 Å². The summed E-state index contributed by atoms with van der Waals surface area (Å²) in [6.07, 6.45) is 1.12. The molecule has 1 saturated heterocycles. The molecule has 2 aromatic rings. The van der Waals surface area contributed by atoms with Crippen LogP contribution in [0.5, 0.6) is 0 Å². The van der Waals surface area contributed by atoms with Gasteiger partial charge >= 0.3 is 0 Å². The van der Waals surface area contributed by atoms with Gasteiger partial charge in [-0.05, 0) is 37.1 Å². The number of benzene rings is 1. The van der Waals surface area contributed by atoms with E-state index in [0.717, 1.165) is 41.7 Å². The Labute approximate surface area is 105 Å². The quantitative estimate of drug-likeness (QED) is 0.788. The maximum absolute atomic E-state index is 6.03. The van der Waals surface area contributed by atoms with Crippen LogP contribution in [-0.4, -0.2) is 23.1 Å². The highest BCUT2D eigenvalue weighted by Gasteiger charge is 2.21. The summed E-state index contributed by atoms with van der Waals surface area (Å²) in [5.41, 5.74) is 3.22. The Balaban J connectivity index is 2.25. The smallest absolute Gasteiger partial charge is 0.223 e. The van der Waals surface area contributed by atoms with Gasteiger partial charge in [0, 0.05) is 17.8 Å². The van der Waals surface area contributed by atoms with Gasteiger partial charge < -0.3 is 5.32 Å². The third kappa shape index (κ3) is 1.90. The molecule has 0 aliphatic carbocycles. The molecule has 1 aliphatic heterocycles. The highest BCUT2D eigenvalue weighted by molar-refractivity contribution is 6.28. The first-order valence-electron chi connectivity index (χ1n) is 5.89. The number of nitrogens with zero attached hydrogens (tertiary/aromatic N) is 2. The topological polar surface area (TPSA) is 37.8 Å². The van der Waals surface area contributed by atoms with E-state index in [0.29, 0.717) is 11.2 Å². The molecule has 0 radical (unpaired) electrons. The van der Waals surface area contributed by atoms with Crippen LogP contribution in [0.4, 0.5) is 0 Å². The molecule has 0 saturated carbocycles. The first-order valence-corrected chi connectivity index (χ1v) is 6.27. The van der Waals surface area contributed by atoms with Gasteiger partial charge in [-0.3, -0.25) is 0 Å². The number of aromatic nitrogens is 2. The molecule has 1 unspecified atom stereocenters. The number of hydrogen-bond donors (Lipinski definition) is 1. The minimum absolute atomic E-state index is 0.355. The highest BCUT2D eigenvalue weighted by Crippen LogP contribution is 2.29. The van der Waals surface area contributed by atoms with Crippen LogP contribution in [0.3, 0.4) is 0 Å². The molecule has 1 aromatic heterocycles. The molecule has 1 aliphatic rings. The normalized spacial score (nSPS) is 20.0. The van der Waals surface area contributed by atoms with E-state index in [1.807, 2.05) is 0 Å². The van der Waals surface area contributed by atoms with Crippen LogP contribution < -0.4 is 5.32 Å². The van der Waals surface area contributed by atoms with Crippen LogP contribution in [0.15, 0.2) is 18.2 Å². The van der Waals surface area contributed by atoms with E-state index < -0.39 is 0 Å². The molecule has 3 rings (SSSR count). The van der Waals surface area contributed by atoms with Crippen molar-refractivity contribution in [1.29, 1.82) is 0 Å².